The van der Waals surface area contributed by atoms with Crippen molar-refractivity contribution in [2.24, 2.45) is 0 Å². The molecule has 0 radical (unpaired) electrons. The highest BCUT2D eigenvalue weighted by Crippen LogP contribution is 2.15. The van der Waals surface area contributed by atoms with Crippen molar-refractivity contribution in [2.45, 2.75) is 6.54 Å². The lowest BCUT2D eigenvalue weighted by atomic mass is 10.2. The van der Waals surface area contributed by atoms with E-state index in [2.05, 4.69) is 21.2 Å². The van der Waals surface area contributed by atoms with Crippen LogP contribution in [0.25, 0.3) is 0 Å². The Morgan fingerprint density at radius 3 is 2.62 bits per heavy atom. The smallest absolute Gasteiger partial charge is 0.335 e. The molecule has 2 N–H and O–H groups in total. The number of carboxylic acid groups (broad SMARTS) is 1. The van der Waals surface area contributed by atoms with Gasteiger partial charge in [0, 0.05) is 22.4 Å². The predicted molar refractivity (Wildman–Crippen MR) is 80.4 cm³/mol. The number of aromatic carboxylic acids is 1. The Bertz CT molecular complexity index is 755. The number of hydrogen-bond donors (Lipinski definition) is 2. The third-order valence-corrected chi connectivity index (χ3v) is 3.16. The zero-order chi connectivity index (χ0) is 15.4. The van der Waals surface area contributed by atoms with Crippen LogP contribution in [0.15, 0.2) is 51.9 Å². The van der Waals surface area contributed by atoms with Crippen molar-refractivity contribution in [2.75, 3.05) is 5.32 Å². The van der Waals surface area contributed by atoms with E-state index in [0.29, 0.717) is 5.69 Å². The average molecular weight is 351 g/mol. The van der Waals surface area contributed by atoms with Gasteiger partial charge in [0.15, 0.2) is 0 Å². The van der Waals surface area contributed by atoms with E-state index >= 15 is 0 Å². The minimum atomic E-state index is -1.18. The maximum absolute atomic E-state index is 11.9. The molecule has 2 rings (SSSR count). The van der Waals surface area contributed by atoms with Gasteiger partial charge in [0.1, 0.15) is 6.54 Å². The Morgan fingerprint density at radius 1 is 1.24 bits per heavy atom. The molecule has 0 saturated carbocycles. The highest BCUT2D eigenvalue weighted by Gasteiger charge is 2.08. The first-order chi connectivity index (χ1) is 9.95. The quantitative estimate of drug-likeness (QED) is 0.881. The van der Waals surface area contributed by atoms with Crippen LogP contribution in [0, 0.1) is 0 Å². The van der Waals surface area contributed by atoms with E-state index in [1.54, 1.807) is 18.2 Å². The normalized spacial score (nSPS) is 10.1. The molecule has 6 nitrogen and oxygen atoms in total. The Morgan fingerprint density at radius 2 is 2.00 bits per heavy atom. The Labute approximate surface area is 128 Å². The molecule has 0 bridgehead atoms. The molecule has 2 aromatic rings. The fourth-order valence-electron chi connectivity index (χ4n) is 1.69. The summed E-state index contributed by atoms with van der Waals surface area (Å²) in [5, 5.41) is 11.4. The van der Waals surface area contributed by atoms with Crippen LogP contribution in [-0.2, 0) is 11.3 Å². The molecule has 0 saturated heterocycles. The lowest BCUT2D eigenvalue weighted by molar-refractivity contribution is -0.116. The van der Waals surface area contributed by atoms with Crippen LogP contribution < -0.4 is 10.9 Å². The lowest BCUT2D eigenvalue weighted by Crippen LogP contribution is -2.27. The van der Waals surface area contributed by atoms with Crippen LogP contribution in [0.2, 0.25) is 0 Å². The molecule has 0 unspecified atom stereocenters. The molecule has 0 spiro atoms. The predicted octanol–water partition coefficient (Wildman–Crippen LogP) is 1.95. The summed E-state index contributed by atoms with van der Waals surface area (Å²) in [4.78, 5) is 34.3. The number of nitrogens with zero attached hydrogens (tertiary/aromatic N) is 1. The molecule has 1 heterocycles. The molecule has 108 valence electrons. The van der Waals surface area contributed by atoms with E-state index in [-0.39, 0.29) is 18.0 Å². The Kier molecular flexibility index (Phi) is 4.54. The number of halogens is 1. The van der Waals surface area contributed by atoms with Crippen LogP contribution in [0.3, 0.4) is 0 Å². The van der Waals surface area contributed by atoms with Gasteiger partial charge in [-0.2, -0.15) is 0 Å². The summed E-state index contributed by atoms with van der Waals surface area (Å²) in [5.41, 5.74) is -0.0486. The first kappa shape index (κ1) is 15.0. The molecule has 1 amide bonds. The van der Waals surface area contributed by atoms with Gasteiger partial charge in [-0.25, -0.2) is 4.79 Å². The number of benzene rings is 1. The number of rotatable bonds is 4. The molecule has 0 fully saturated rings. The van der Waals surface area contributed by atoms with Crippen molar-refractivity contribution in [3.05, 3.63) is 63.0 Å². The van der Waals surface area contributed by atoms with E-state index in [1.807, 2.05) is 6.07 Å². The number of amides is 1. The van der Waals surface area contributed by atoms with Gasteiger partial charge < -0.3 is 15.0 Å². The summed E-state index contributed by atoms with van der Waals surface area (Å²) in [5.74, 6) is -1.56. The second-order valence-corrected chi connectivity index (χ2v) is 5.16. The highest BCUT2D eigenvalue weighted by atomic mass is 79.9. The fourth-order valence-corrected chi connectivity index (χ4v) is 2.09. The SMILES string of the molecule is O=C(Cn1ccc(C(=O)O)cc1=O)Nc1cccc(Br)c1. The van der Waals surface area contributed by atoms with Crippen LogP contribution in [0.1, 0.15) is 10.4 Å². The Balaban J connectivity index is 2.09. The van der Waals surface area contributed by atoms with Crippen molar-refractivity contribution in [3.63, 3.8) is 0 Å². The van der Waals surface area contributed by atoms with Gasteiger partial charge in [-0.15, -0.1) is 0 Å². The summed E-state index contributed by atoms with van der Waals surface area (Å²) >= 11 is 3.29. The van der Waals surface area contributed by atoms with Gasteiger partial charge >= 0.3 is 5.97 Å². The van der Waals surface area contributed by atoms with Gasteiger partial charge in [0.25, 0.3) is 5.56 Å². The largest absolute Gasteiger partial charge is 0.478 e. The molecular formula is C14H11BrN2O4. The van der Waals surface area contributed by atoms with E-state index < -0.39 is 11.5 Å². The Hall–Kier alpha value is -2.41. The van der Waals surface area contributed by atoms with E-state index in [1.165, 1.54) is 12.3 Å². The maximum atomic E-state index is 11.9. The molecule has 21 heavy (non-hydrogen) atoms. The van der Waals surface area contributed by atoms with Gasteiger partial charge in [0.05, 0.1) is 5.56 Å². The molecule has 1 aromatic carbocycles. The standard InChI is InChI=1S/C14H11BrN2O4/c15-10-2-1-3-11(7-10)16-12(18)8-17-5-4-9(14(20)21)6-13(17)19/h1-7H,8H2,(H,16,18)(H,20,21). The first-order valence-corrected chi connectivity index (χ1v) is 6.74. The van der Waals surface area contributed by atoms with Crippen molar-refractivity contribution < 1.29 is 14.7 Å². The van der Waals surface area contributed by atoms with Crippen molar-refractivity contribution in [1.29, 1.82) is 0 Å². The molecule has 0 atom stereocenters. The minimum absolute atomic E-state index is 0.108. The van der Waals surface area contributed by atoms with Crippen LogP contribution in [-0.4, -0.2) is 21.6 Å². The molecule has 1 aromatic heterocycles. The van der Waals surface area contributed by atoms with Crippen molar-refractivity contribution >= 4 is 33.5 Å². The fraction of sp³-hybridized carbons (Fsp3) is 0.0714. The maximum Gasteiger partial charge on any atom is 0.335 e. The summed E-state index contributed by atoms with van der Waals surface area (Å²) < 4.78 is 1.96. The third-order valence-electron chi connectivity index (χ3n) is 2.67. The number of aromatic nitrogens is 1. The number of anilines is 1. The summed E-state index contributed by atoms with van der Waals surface area (Å²) in [6, 6.07) is 9.30. The van der Waals surface area contributed by atoms with E-state index in [0.717, 1.165) is 15.1 Å². The number of hydrogen-bond acceptors (Lipinski definition) is 3. The molecule has 0 aliphatic heterocycles. The minimum Gasteiger partial charge on any atom is -0.478 e. The second kappa shape index (κ2) is 6.36. The monoisotopic (exact) mass is 350 g/mol. The van der Waals surface area contributed by atoms with Gasteiger partial charge in [-0.05, 0) is 24.3 Å². The summed E-state index contributed by atoms with van der Waals surface area (Å²) in [6.45, 7) is -0.189. The summed E-state index contributed by atoms with van der Waals surface area (Å²) in [7, 11) is 0. The van der Waals surface area contributed by atoms with Gasteiger partial charge in [-0.3, -0.25) is 9.59 Å². The molecular weight excluding hydrogens is 340 g/mol. The van der Waals surface area contributed by atoms with Gasteiger partial charge in [-0.1, -0.05) is 22.0 Å². The van der Waals surface area contributed by atoms with E-state index in [9.17, 15) is 14.4 Å². The topological polar surface area (TPSA) is 88.4 Å². The number of carbonyl (C=O) groups is 2. The highest BCUT2D eigenvalue weighted by molar-refractivity contribution is 9.10. The molecule has 0 aliphatic rings. The van der Waals surface area contributed by atoms with Gasteiger partial charge in [0.2, 0.25) is 5.91 Å². The first-order valence-electron chi connectivity index (χ1n) is 5.95. The average Bonchev–Trinajstić information content (AvgIpc) is 2.40. The lowest BCUT2D eigenvalue weighted by Gasteiger charge is -2.08. The van der Waals surface area contributed by atoms with Crippen LogP contribution in [0.4, 0.5) is 5.69 Å². The van der Waals surface area contributed by atoms with Crippen LogP contribution in [0.5, 0.6) is 0 Å². The number of carbonyl (C=O) groups excluding carboxylic acids is 1. The summed E-state index contributed by atoms with van der Waals surface area (Å²) in [6.07, 6.45) is 1.28. The van der Waals surface area contributed by atoms with Crippen molar-refractivity contribution in [1.82, 2.24) is 4.57 Å². The third kappa shape index (κ3) is 4.03. The second-order valence-electron chi connectivity index (χ2n) is 4.25. The molecule has 7 heteroatoms. The van der Waals surface area contributed by atoms with Crippen molar-refractivity contribution in [3.8, 4) is 0 Å². The van der Waals surface area contributed by atoms with Crippen LogP contribution >= 0.6 is 15.9 Å². The number of carboxylic acids is 1. The number of pyridine rings is 1. The zero-order valence-corrected chi connectivity index (χ0v) is 12.3. The molecule has 0 aliphatic carbocycles. The van der Waals surface area contributed by atoms with E-state index in [4.69, 9.17) is 5.11 Å². The zero-order valence-electron chi connectivity index (χ0n) is 10.7. The number of nitrogens with one attached hydrogen (secondary N) is 1.